The summed E-state index contributed by atoms with van der Waals surface area (Å²) in [5, 5.41) is 10.7. The van der Waals surface area contributed by atoms with Crippen LogP contribution in [0, 0.1) is 0 Å². The minimum absolute atomic E-state index is 0.306. The molecule has 0 unspecified atom stereocenters. The lowest BCUT2D eigenvalue weighted by atomic mass is 10.2. The Bertz CT molecular complexity index is 548. The summed E-state index contributed by atoms with van der Waals surface area (Å²) in [6.45, 7) is -0.415. The summed E-state index contributed by atoms with van der Waals surface area (Å²) in [7, 11) is 0. The molecule has 18 heavy (non-hydrogen) atoms. The van der Waals surface area contributed by atoms with Crippen molar-refractivity contribution < 1.29 is 14.7 Å². The highest BCUT2D eigenvalue weighted by atomic mass is 16.4. The number of amides is 1. The molecule has 0 saturated heterocycles. The Labute approximate surface area is 102 Å². The number of carboxylic acids is 1. The van der Waals surface area contributed by atoms with Crippen molar-refractivity contribution in [2.45, 2.75) is 0 Å². The van der Waals surface area contributed by atoms with Gasteiger partial charge >= 0.3 is 5.97 Å². The van der Waals surface area contributed by atoms with E-state index in [9.17, 15) is 9.59 Å². The van der Waals surface area contributed by atoms with Gasteiger partial charge in [-0.05, 0) is 12.1 Å². The van der Waals surface area contributed by atoms with Crippen molar-refractivity contribution in [3.8, 4) is 5.82 Å². The van der Waals surface area contributed by atoms with Crippen LogP contribution in [-0.2, 0) is 4.79 Å². The molecule has 0 aliphatic rings. The molecular weight excluding hydrogens is 236 g/mol. The van der Waals surface area contributed by atoms with Crippen LogP contribution in [0.1, 0.15) is 10.4 Å². The highest BCUT2D eigenvalue weighted by molar-refractivity contribution is 5.95. The zero-order valence-corrected chi connectivity index (χ0v) is 9.28. The van der Waals surface area contributed by atoms with Crippen LogP contribution in [-0.4, -0.2) is 38.1 Å². The third kappa shape index (κ3) is 2.70. The Morgan fingerprint density at radius 3 is 2.78 bits per heavy atom. The summed E-state index contributed by atoms with van der Waals surface area (Å²) in [5.74, 6) is -0.935. The number of pyridine rings is 1. The van der Waals surface area contributed by atoms with Gasteiger partial charge in [-0.25, -0.2) is 9.97 Å². The first-order valence-corrected chi connectivity index (χ1v) is 5.11. The zero-order chi connectivity index (χ0) is 13.0. The molecule has 7 heteroatoms. The molecule has 0 radical (unpaired) electrons. The fourth-order valence-electron chi connectivity index (χ4n) is 1.33. The van der Waals surface area contributed by atoms with Gasteiger partial charge in [0.1, 0.15) is 18.7 Å². The molecule has 0 aromatic carbocycles. The number of aliphatic carboxylic acids is 1. The average molecular weight is 246 g/mol. The molecular formula is C11H10N4O3. The van der Waals surface area contributed by atoms with E-state index in [1.807, 2.05) is 0 Å². The summed E-state index contributed by atoms with van der Waals surface area (Å²) in [4.78, 5) is 29.8. The summed E-state index contributed by atoms with van der Waals surface area (Å²) in [6.07, 6.45) is 6.32. The molecule has 7 nitrogen and oxygen atoms in total. The molecule has 0 aliphatic carbocycles. The number of imidazole rings is 1. The van der Waals surface area contributed by atoms with Gasteiger partial charge in [0.25, 0.3) is 5.91 Å². The summed E-state index contributed by atoms with van der Waals surface area (Å²) in [5.41, 5.74) is 0.306. The Hall–Kier alpha value is -2.70. The molecule has 0 atom stereocenters. The third-order valence-electron chi connectivity index (χ3n) is 2.18. The molecule has 2 rings (SSSR count). The maximum atomic E-state index is 11.5. The van der Waals surface area contributed by atoms with Crippen LogP contribution < -0.4 is 5.32 Å². The Kier molecular flexibility index (Phi) is 3.33. The van der Waals surface area contributed by atoms with Crippen molar-refractivity contribution in [3.05, 3.63) is 42.6 Å². The fourth-order valence-corrected chi connectivity index (χ4v) is 1.33. The minimum atomic E-state index is -1.09. The predicted molar refractivity (Wildman–Crippen MR) is 61.3 cm³/mol. The first-order chi connectivity index (χ1) is 8.66. The number of rotatable bonds is 4. The molecule has 0 spiro atoms. The monoisotopic (exact) mass is 246 g/mol. The number of carboxylic acid groups (broad SMARTS) is 1. The maximum absolute atomic E-state index is 11.5. The average Bonchev–Trinajstić information content (AvgIpc) is 2.90. The number of aromatic nitrogens is 3. The van der Waals surface area contributed by atoms with Gasteiger partial charge in [-0.2, -0.15) is 0 Å². The molecule has 2 aromatic rings. The van der Waals surface area contributed by atoms with E-state index in [0.29, 0.717) is 11.4 Å². The van der Waals surface area contributed by atoms with Crippen LogP contribution >= 0.6 is 0 Å². The van der Waals surface area contributed by atoms with Crippen LogP contribution in [0.25, 0.3) is 5.82 Å². The van der Waals surface area contributed by atoms with Crippen molar-refractivity contribution >= 4 is 11.9 Å². The van der Waals surface area contributed by atoms with Crippen molar-refractivity contribution in [2.75, 3.05) is 6.54 Å². The molecule has 0 aliphatic heterocycles. The Balaban J connectivity index is 2.08. The molecule has 1 amide bonds. The van der Waals surface area contributed by atoms with E-state index in [1.165, 1.54) is 6.20 Å². The number of nitrogens with zero attached hydrogens (tertiary/aromatic N) is 3. The Morgan fingerprint density at radius 2 is 2.22 bits per heavy atom. The Morgan fingerprint density at radius 1 is 1.39 bits per heavy atom. The van der Waals surface area contributed by atoms with Crippen LogP contribution in [0.3, 0.4) is 0 Å². The van der Waals surface area contributed by atoms with Crippen LogP contribution in [0.4, 0.5) is 0 Å². The van der Waals surface area contributed by atoms with E-state index in [4.69, 9.17) is 5.11 Å². The van der Waals surface area contributed by atoms with Gasteiger partial charge in [0, 0.05) is 18.6 Å². The van der Waals surface area contributed by atoms with Crippen LogP contribution in [0.5, 0.6) is 0 Å². The maximum Gasteiger partial charge on any atom is 0.322 e. The first kappa shape index (κ1) is 11.8. The van der Waals surface area contributed by atoms with Gasteiger partial charge in [0.15, 0.2) is 0 Å². The molecule has 2 N–H and O–H groups in total. The van der Waals surface area contributed by atoms with Gasteiger partial charge in [-0.1, -0.05) is 0 Å². The van der Waals surface area contributed by atoms with E-state index in [0.717, 1.165) is 0 Å². The molecule has 0 saturated carbocycles. The van der Waals surface area contributed by atoms with E-state index in [2.05, 4.69) is 15.3 Å². The van der Waals surface area contributed by atoms with E-state index in [-0.39, 0.29) is 0 Å². The highest BCUT2D eigenvalue weighted by Gasteiger charge is 2.07. The van der Waals surface area contributed by atoms with Crippen LogP contribution in [0.2, 0.25) is 0 Å². The summed E-state index contributed by atoms with van der Waals surface area (Å²) >= 11 is 0. The summed E-state index contributed by atoms with van der Waals surface area (Å²) < 4.78 is 1.69. The van der Waals surface area contributed by atoms with Crippen molar-refractivity contribution in [3.63, 3.8) is 0 Å². The fraction of sp³-hybridized carbons (Fsp3) is 0.0909. The van der Waals surface area contributed by atoms with E-state index in [1.54, 1.807) is 35.4 Å². The van der Waals surface area contributed by atoms with E-state index >= 15 is 0 Å². The van der Waals surface area contributed by atoms with E-state index < -0.39 is 18.4 Å². The zero-order valence-electron chi connectivity index (χ0n) is 9.28. The van der Waals surface area contributed by atoms with Gasteiger partial charge in [-0.3, -0.25) is 14.2 Å². The normalized spacial score (nSPS) is 10.0. The van der Waals surface area contributed by atoms with Gasteiger partial charge in [-0.15, -0.1) is 0 Å². The lowest BCUT2D eigenvalue weighted by Gasteiger charge is -2.04. The van der Waals surface area contributed by atoms with Gasteiger partial charge < -0.3 is 10.4 Å². The van der Waals surface area contributed by atoms with Crippen molar-refractivity contribution in [2.24, 2.45) is 0 Å². The quantitative estimate of drug-likeness (QED) is 0.796. The largest absolute Gasteiger partial charge is 0.480 e. The van der Waals surface area contributed by atoms with Crippen LogP contribution in [0.15, 0.2) is 37.1 Å². The molecule has 2 heterocycles. The lowest BCUT2D eigenvalue weighted by Crippen LogP contribution is -2.29. The molecule has 2 aromatic heterocycles. The SMILES string of the molecule is O=C(O)CNC(=O)c1ccc(-n2ccnc2)nc1. The standard InChI is InChI=1S/C11H10N4O3/c16-10(17)6-14-11(18)8-1-2-9(13-5-8)15-4-3-12-7-15/h1-5,7H,6H2,(H,14,18)(H,16,17). The number of hydrogen-bond acceptors (Lipinski definition) is 4. The minimum Gasteiger partial charge on any atom is -0.480 e. The first-order valence-electron chi connectivity index (χ1n) is 5.11. The van der Waals surface area contributed by atoms with Gasteiger partial charge in [0.05, 0.1) is 5.56 Å². The van der Waals surface area contributed by atoms with Crippen molar-refractivity contribution in [1.82, 2.24) is 19.9 Å². The molecule has 0 bridgehead atoms. The lowest BCUT2D eigenvalue weighted by molar-refractivity contribution is -0.135. The third-order valence-corrected chi connectivity index (χ3v) is 2.18. The molecule has 92 valence electrons. The molecule has 0 fully saturated rings. The highest BCUT2D eigenvalue weighted by Crippen LogP contribution is 2.05. The number of hydrogen-bond donors (Lipinski definition) is 2. The second-order valence-electron chi connectivity index (χ2n) is 3.45. The second kappa shape index (κ2) is 5.09. The van der Waals surface area contributed by atoms with Crippen molar-refractivity contribution in [1.29, 1.82) is 0 Å². The summed E-state index contributed by atoms with van der Waals surface area (Å²) in [6, 6.07) is 3.22. The van der Waals surface area contributed by atoms with Gasteiger partial charge in [0.2, 0.25) is 0 Å². The predicted octanol–water partition coefficient (Wildman–Crippen LogP) is 0.0817. The number of carbonyl (C=O) groups is 2. The smallest absolute Gasteiger partial charge is 0.322 e. The number of nitrogens with one attached hydrogen (secondary N) is 1. The second-order valence-corrected chi connectivity index (χ2v) is 3.45. The topological polar surface area (TPSA) is 97.1 Å². The number of carbonyl (C=O) groups excluding carboxylic acids is 1.